The first-order valence-corrected chi connectivity index (χ1v) is 8.05. The second kappa shape index (κ2) is 7.36. The number of nitrogens with one attached hydrogen (secondary N) is 1. The lowest BCUT2D eigenvalue weighted by Crippen LogP contribution is -2.23. The highest BCUT2D eigenvalue weighted by atomic mass is 35.5. The average Bonchev–Trinajstić information content (AvgIpc) is 2.95. The number of nitrogens with zero attached hydrogens (tertiary/aromatic N) is 3. The number of hydrogen-bond acceptors (Lipinski definition) is 4. The second-order valence-corrected chi connectivity index (χ2v) is 5.75. The molecule has 0 aliphatic rings. The van der Waals surface area contributed by atoms with Crippen LogP contribution in [0.4, 0.5) is 0 Å². The number of carbonyl (C=O) groups is 1. The molecule has 3 rings (SSSR count). The quantitative estimate of drug-likeness (QED) is 0.762. The van der Waals surface area contributed by atoms with Crippen LogP contribution < -0.4 is 10.1 Å². The minimum absolute atomic E-state index is 0.277. The number of methoxy groups -OCH3 is 1. The maximum atomic E-state index is 12.5. The Labute approximate surface area is 150 Å². The van der Waals surface area contributed by atoms with Gasteiger partial charge in [0.2, 0.25) is 5.88 Å². The van der Waals surface area contributed by atoms with Crippen LogP contribution in [0, 0.1) is 6.92 Å². The summed E-state index contributed by atoms with van der Waals surface area (Å²) < 4.78 is 6.57. The summed E-state index contributed by atoms with van der Waals surface area (Å²) in [6.45, 7) is 2.09. The van der Waals surface area contributed by atoms with Crippen molar-refractivity contribution in [2.24, 2.45) is 0 Å². The van der Waals surface area contributed by atoms with Crippen LogP contribution in [0.1, 0.15) is 21.6 Å². The second-order valence-electron chi connectivity index (χ2n) is 5.39. The van der Waals surface area contributed by atoms with E-state index in [1.807, 2.05) is 36.4 Å². The van der Waals surface area contributed by atoms with Crippen molar-refractivity contribution in [2.75, 3.05) is 7.11 Å². The molecule has 25 heavy (non-hydrogen) atoms. The minimum atomic E-state index is -0.277. The van der Waals surface area contributed by atoms with Gasteiger partial charge in [0.15, 0.2) is 0 Å². The van der Waals surface area contributed by atoms with Crippen molar-refractivity contribution >= 4 is 17.5 Å². The molecule has 0 bridgehead atoms. The Kier molecular flexibility index (Phi) is 5.00. The van der Waals surface area contributed by atoms with E-state index in [2.05, 4.69) is 15.4 Å². The molecule has 0 aliphatic heterocycles. The Morgan fingerprint density at radius 2 is 2.00 bits per heavy atom. The van der Waals surface area contributed by atoms with Gasteiger partial charge in [-0.25, -0.2) is 9.67 Å². The molecule has 3 aromatic rings. The maximum Gasteiger partial charge on any atom is 0.256 e. The van der Waals surface area contributed by atoms with E-state index in [1.165, 1.54) is 0 Å². The molecule has 6 nitrogen and oxygen atoms in total. The summed E-state index contributed by atoms with van der Waals surface area (Å²) in [5, 5.41) is 7.50. The van der Waals surface area contributed by atoms with Crippen molar-refractivity contribution in [3.63, 3.8) is 0 Å². The number of rotatable bonds is 5. The summed E-state index contributed by atoms with van der Waals surface area (Å²) in [6.07, 6.45) is 1.65. The number of carbonyl (C=O) groups excluding carboxylic acids is 1. The van der Waals surface area contributed by atoms with Gasteiger partial charge in [0, 0.05) is 18.8 Å². The number of aryl methyl sites for hydroxylation is 1. The summed E-state index contributed by atoms with van der Waals surface area (Å²) >= 11 is 6.39. The highest BCUT2D eigenvalue weighted by molar-refractivity contribution is 6.33. The maximum absolute atomic E-state index is 12.5. The third kappa shape index (κ3) is 3.64. The SMILES string of the molecule is COc1ccc(CNC(=O)c2c(C)nn(-c3ccccc3)c2Cl)cn1. The van der Waals surface area contributed by atoms with Gasteiger partial charge in [-0.15, -0.1) is 0 Å². The van der Waals surface area contributed by atoms with E-state index < -0.39 is 0 Å². The van der Waals surface area contributed by atoms with Crippen LogP contribution in [0.25, 0.3) is 5.69 Å². The van der Waals surface area contributed by atoms with E-state index >= 15 is 0 Å². The van der Waals surface area contributed by atoms with Crippen LogP contribution in [0.3, 0.4) is 0 Å². The fourth-order valence-corrected chi connectivity index (χ4v) is 2.76. The Balaban J connectivity index is 1.77. The first kappa shape index (κ1) is 17.0. The molecular formula is C18H17ClN4O2. The molecule has 128 valence electrons. The predicted octanol–water partition coefficient (Wildman–Crippen LogP) is 3.17. The topological polar surface area (TPSA) is 69.0 Å². The lowest BCUT2D eigenvalue weighted by atomic mass is 10.2. The molecule has 0 radical (unpaired) electrons. The Morgan fingerprint density at radius 1 is 1.24 bits per heavy atom. The third-order valence-corrected chi connectivity index (χ3v) is 4.04. The molecular weight excluding hydrogens is 340 g/mol. The smallest absolute Gasteiger partial charge is 0.256 e. The predicted molar refractivity (Wildman–Crippen MR) is 95.3 cm³/mol. The molecule has 1 aromatic carbocycles. The standard InChI is InChI=1S/C18H17ClN4O2/c1-12-16(17(19)23(22-12)14-6-4-3-5-7-14)18(24)21-11-13-8-9-15(25-2)20-10-13/h3-10H,11H2,1-2H3,(H,21,24). The van der Waals surface area contributed by atoms with Crippen molar-refractivity contribution in [1.29, 1.82) is 0 Å². The summed E-state index contributed by atoms with van der Waals surface area (Å²) in [6, 6.07) is 13.0. The highest BCUT2D eigenvalue weighted by Crippen LogP contribution is 2.23. The normalized spacial score (nSPS) is 10.5. The van der Waals surface area contributed by atoms with Crippen LogP contribution in [-0.2, 0) is 6.54 Å². The van der Waals surface area contributed by atoms with E-state index in [9.17, 15) is 4.79 Å². The number of benzene rings is 1. The van der Waals surface area contributed by atoms with Crippen molar-refractivity contribution in [3.05, 3.63) is 70.6 Å². The third-order valence-electron chi connectivity index (χ3n) is 3.69. The summed E-state index contributed by atoms with van der Waals surface area (Å²) in [4.78, 5) is 16.6. The zero-order valence-corrected chi connectivity index (χ0v) is 14.6. The fraction of sp³-hybridized carbons (Fsp3) is 0.167. The zero-order chi connectivity index (χ0) is 17.8. The first-order valence-electron chi connectivity index (χ1n) is 7.68. The largest absolute Gasteiger partial charge is 0.481 e. The Morgan fingerprint density at radius 3 is 2.64 bits per heavy atom. The summed E-state index contributed by atoms with van der Waals surface area (Å²) in [5.74, 6) is 0.249. The molecule has 2 aromatic heterocycles. The number of halogens is 1. The van der Waals surface area contributed by atoms with Crippen LogP contribution in [0.5, 0.6) is 5.88 Å². The van der Waals surface area contributed by atoms with Crippen LogP contribution in [-0.4, -0.2) is 27.8 Å². The molecule has 2 heterocycles. The van der Waals surface area contributed by atoms with E-state index in [-0.39, 0.29) is 11.1 Å². The van der Waals surface area contributed by atoms with Gasteiger partial charge in [0.1, 0.15) is 5.15 Å². The van der Waals surface area contributed by atoms with Crippen LogP contribution in [0.15, 0.2) is 48.7 Å². The number of aromatic nitrogens is 3. The van der Waals surface area contributed by atoms with Gasteiger partial charge in [-0.3, -0.25) is 4.79 Å². The fourth-order valence-electron chi connectivity index (χ4n) is 2.40. The zero-order valence-electron chi connectivity index (χ0n) is 13.9. The van der Waals surface area contributed by atoms with Crippen LogP contribution >= 0.6 is 11.6 Å². The molecule has 0 saturated carbocycles. The molecule has 1 N–H and O–H groups in total. The average molecular weight is 357 g/mol. The molecule has 0 fully saturated rings. The van der Waals surface area contributed by atoms with Crippen LogP contribution in [0.2, 0.25) is 5.15 Å². The number of pyridine rings is 1. The van der Waals surface area contributed by atoms with Gasteiger partial charge in [0.05, 0.1) is 24.1 Å². The number of ether oxygens (including phenoxy) is 1. The molecule has 0 saturated heterocycles. The van der Waals surface area contributed by atoms with Crippen molar-refractivity contribution in [1.82, 2.24) is 20.1 Å². The Hall–Kier alpha value is -2.86. The monoisotopic (exact) mass is 356 g/mol. The van der Waals surface area contributed by atoms with Crippen molar-refractivity contribution in [3.8, 4) is 11.6 Å². The molecule has 1 amide bonds. The number of para-hydroxylation sites is 1. The summed E-state index contributed by atoms with van der Waals surface area (Å²) in [5.41, 5.74) is 2.60. The minimum Gasteiger partial charge on any atom is -0.481 e. The number of hydrogen-bond donors (Lipinski definition) is 1. The van der Waals surface area contributed by atoms with Gasteiger partial charge in [-0.2, -0.15) is 5.10 Å². The van der Waals surface area contributed by atoms with Crippen molar-refractivity contribution in [2.45, 2.75) is 13.5 Å². The van der Waals surface area contributed by atoms with Gasteiger partial charge >= 0.3 is 0 Å². The molecule has 0 atom stereocenters. The van der Waals surface area contributed by atoms with Crippen molar-refractivity contribution < 1.29 is 9.53 Å². The lowest BCUT2D eigenvalue weighted by molar-refractivity contribution is 0.0950. The molecule has 0 spiro atoms. The first-order chi connectivity index (χ1) is 12.1. The highest BCUT2D eigenvalue weighted by Gasteiger charge is 2.20. The molecule has 0 aliphatic carbocycles. The van der Waals surface area contributed by atoms with E-state index in [4.69, 9.17) is 16.3 Å². The lowest BCUT2D eigenvalue weighted by Gasteiger charge is -2.06. The van der Waals surface area contributed by atoms with E-state index in [1.54, 1.807) is 31.0 Å². The molecule has 7 heteroatoms. The number of amides is 1. The van der Waals surface area contributed by atoms with Gasteiger partial charge < -0.3 is 10.1 Å². The van der Waals surface area contributed by atoms with Gasteiger partial charge in [-0.05, 0) is 24.6 Å². The van der Waals surface area contributed by atoms with Gasteiger partial charge in [0.25, 0.3) is 5.91 Å². The Bertz CT molecular complexity index is 876. The van der Waals surface area contributed by atoms with E-state index in [0.717, 1.165) is 11.3 Å². The molecule has 0 unspecified atom stereocenters. The summed E-state index contributed by atoms with van der Waals surface area (Å²) in [7, 11) is 1.55. The van der Waals surface area contributed by atoms with E-state index in [0.29, 0.717) is 23.7 Å². The van der Waals surface area contributed by atoms with Gasteiger partial charge in [-0.1, -0.05) is 35.9 Å².